The van der Waals surface area contributed by atoms with Crippen molar-refractivity contribution in [1.29, 1.82) is 0 Å². The normalized spacial score (nSPS) is 12.6. The van der Waals surface area contributed by atoms with Crippen LogP contribution in [-0.2, 0) is 0 Å². The summed E-state index contributed by atoms with van der Waals surface area (Å²) in [6.07, 6.45) is 0. The molecule has 0 aliphatic rings. The summed E-state index contributed by atoms with van der Waals surface area (Å²) in [5, 5.41) is 23.4. The van der Waals surface area contributed by atoms with Gasteiger partial charge in [-0.2, -0.15) is 0 Å². The molecular weight excluding hydrogens is 279 g/mol. The van der Waals surface area contributed by atoms with E-state index in [1.54, 1.807) is 0 Å². The summed E-state index contributed by atoms with van der Waals surface area (Å²) in [5.74, 6) is 0.115. The average Bonchev–Trinajstić information content (AvgIpc) is 2.29. The Morgan fingerprint density at radius 3 is 2.39 bits per heavy atom. The largest absolute Gasteiger partial charge is 0.394 e. The van der Waals surface area contributed by atoms with Crippen LogP contribution in [0.4, 0.5) is 11.4 Å². The van der Waals surface area contributed by atoms with Crippen LogP contribution in [0.2, 0.25) is 10.0 Å². The Hall–Kier alpha value is -1.04. The molecule has 0 heterocycles. The minimum Gasteiger partial charge on any atom is -0.394 e. The Balaban J connectivity index is 3.14. The molecule has 0 aliphatic carbocycles. The molecule has 0 saturated carbocycles. The van der Waals surface area contributed by atoms with Gasteiger partial charge in [0.1, 0.15) is 5.69 Å². The highest BCUT2D eigenvalue weighted by Gasteiger charge is 2.20. The van der Waals surface area contributed by atoms with Gasteiger partial charge in [0.15, 0.2) is 0 Å². The minimum atomic E-state index is -0.542. The molecule has 0 saturated heterocycles. The van der Waals surface area contributed by atoms with Crippen LogP contribution >= 0.6 is 23.2 Å². The van der Waals surface area contributed by atoms with Gasteiger partial charge in [-0.3, -0.25) is 10.1 Å². The number of halogens is 2. The summed E-state index contributed by atoms with van der Waals surface area (Å²) >= 11 is 11.6. The highest BCUT2D eigenvalue weighted by molar-refractivity contribution is 6.42. The van der Waals surface area contributed by atoms with Gasteiger partial charge < -0.3 is 10.4 Å². The lowest BCUT2D eigenvalue weighted by atomic mass is 10.0. The first-order valence-corrected chi connectivity index (χ1v) is 6.13. The molecule has 0 radical (unpaired) electrons. The van der Waals surface area contributed by atoms with E-state index in [9.17, 15) is 15.2 Å². The highest BCUT2D eigenvalue weighted by atomic mass is 35.5. The topological polar surface area (TPSA) is 75.4 Å². The van der Waals surface area contributed by atoms with Crippen molar-refractivity contribution in [2.24, 2.45) is 5.92 Å². The van der Waals surface area contributed by atoms with Gasteiger partial charge in [-0.1, -0.05) is 37.0 Å². The standard InChI is InChI=1S/C11H14Cl2N2O3/c1-6(2)10(5-16)14-9-3-7(12)8(13)4-11(9)15(17)18/h3-4,6,10,14,16H,5H2,1-2H3/t10-/m1/s1. The van der Waals surface area contributed by atoms with Crippen LogP contribution in [-0.4, -0.2) is 22.7 Å². The number of nitrogens with one attached hydrogen (secondary N) is 1. The van der Waals surface area contributed by atoms with Crippen LogP contribution in [0.5, 0.6) is 0 Å². The molecule has 7 heteroatoms. The van der Waals surface area contributed by atoms with E-state index < -0.39 is 4.92 Å². The van der Waals surface area contributed by atoms with Crippen molar-refractivity contribution in [3.8, 4) is 0 Å². The van der Waals surface area contributed by atoms with Crippen molar-refractivity contribution in [3.63, 3.8) is 0 Å². The third-order valence-electron chi connectivity index (χ3n) is 2.58. The molecule has 0 bridgehead atoms. The molecule has 0 spiro atoms. The Morgan fingerprint density at radius 1 is 1.39 bits per heavy atom. The molecule has 1 rings (SSSR count). The first-order valence-electron chi connectivity index (χ1n) is 5.37. The molecule has 0 aliphatic heterocycles. The van der Waals surface area contributed by atoms with Gasteiger partial charge in [-0.15, -0.1) is 0 Å². The number of nitro benzene ring substituents is 1. The van der Waals surface area contributed by atoms with Gasteiger partial charge in [-0.05, 0) is 12.0 Å². The van der Waals surface area contributed by atoms with Crippen molar-refractivity contribution >= 4 is 34.6 Å². The van der Waals surface area contributed by atoms with Crippen LogP contribution < -0.4 is 5.32 Å². The van der Waals surface area contributed by atoms with E-state index in [2.05, 4.69) is 5.32 Å². The number of aliphatic hydroxyl groups excluding tert-OH is 1. The maximum absolute atomic E-state index is 10.9. The van der Waals surface area contributed by atoms with Gasteiger partial charge in [0, 0.05) is 6.07 Å². The molecule has 0 fully saturated rings. The molecule has 0 aromatic heterocycles. The fourth-order valence-electron chi connectivity index (χ4n) is 1.43. The number of aliphatic hydroxyl groups is 1. The van der Waals surface area contributed by atoms with Crippen molar-refractivity contribution < 1.29 is 10.0 Å². The Morgan fingerprint density at radius 2 is 1.94 bits per heavy atom. The van der Waals surface area contributed by atoms with E-state index in [1.165, 1.54) is 12.1 Å². The van der Waals surface area contributed by atoms with E-state index in [0.29, 0.717) is 0 Å². The summed E-state index contributed by atoms with van der Waals surface area (Å²) in [6.45, 7) is 3.67. The van der Waals surface area contributed by atoms with Gasteiger partial charge >= 0.3 is 0 Å². The molecule has 1 aromatic carbocycles. The molecule has 5 nitrogen and oxygen atoms in total. The number of anilines is 1. The monoisotopic (exact) mass is 292 g/mol. The zero-order chi connectivity index (χ0) is 13.9. The average molecular weight is 293 g/mol. The Kier molecular flexibility index (Phi) is 5.19. The fraction of sp³-hybridized carbons (Fsp3) is 0.455. The Bertz CT molecular complexity index is 452. The van der Waals surface area contributed by atoms with Crippen molar-refractivity contribution in [2.45, 2.75) is 19.9 Å². The minimum absolute atomic E-state index is 0.115. The second kappa shape index (κ2) is 6.22. The fourth-order valence-corrected chi connectivity index (χ4v) is 1.75. The van der Waals surface area contributed by atoms with E-state index in [-0.39, 0.29) is 40.0 Å². The van der Waals surface area contributed by atoms with E-state index in [4.69, 9.17) is 23.2 Å². The smallest absolute Gasteiger partial charge is 0.293 e. The van der Waals surface area contributed by atoms with Crippen molar-refractivity contribution in [3.05, 3.63) is 32.3 Å². The zero-order valence-corrected chi connectivity index (χ0v) is 11.5. The lowest BCUT2D eigenvalue weighted by molar-refractivity contribution is -0.384. The number of hydrogen-bond acceptors (Lipinski definition) is 4. The maximum atomic E-state index is 10.9. The van der Waals surface area contributed by atoms with Gasteiger partial charge in [-0.25, -0.2) is 0 Å². The van der Waals surface area contributed by atoms with Gasteiger partial charge in [0.25, 0.3) is 5.69 Å². The molecule has 0 amide bonds. The predicted octanol–water partition coefficient (Wildman–Crippen LogP) is 3.33. The lowest BCUT2D eigenvalue weighted by Gasteiger charge is -2.21. The van der Waals surface area contributed by atoms with Gasteiger partial charge in [0.2, 0.25) is 0 Å². The van der Waals surface area contributed by atoms with E-state index in [0.717, 1.165) is 0 Å². The highest BCUT2D eigenvalue weighted by Crippen LogP contribution is 2.34. The quantitative estimate of drug-likeness (QED) is 0.645. The van der Waals surface area contributed by atoms with Crippen molar-refractivity contribution in [2.75, 3.05) is 11.9 Å². The van der Waals surface area contributed by atoms with Crippen molar-refractivity contribution in [1.82, 2.24) is 0 Å². The summed E-state index contributed by atoms with van der Waals surface area (Å²) in [5.41, 5.74) is 0.0886. The summed E-state index contributed by atoms with van der Waals surface area (Å²) in [6, 6.07) is 2.30. The number of nitrogens with zero attached hydrogens (tertiary/aromatic N) is 1. The first kappa shape index (κ1) is 15.0. The third-order valence-corrected chi connectivity index (χ3v) is 3.30. The SMILES string of the molecule is CC(C)[C@@H](CO)Nc1cc(Cl)c(Cl)cc1[N+](=O)[O-]. The van der Waals surface area contributed by atoms with Crippen LogP contribution in [0.1, 0.15) is 13.8 Å². The van der Waals surface area contributed by atoms with Crippen LogP contribution in [0.15, 0.2) is 12.1 Å². The molecule has 100 valence electrons. The van der Waals surface area contributed by atoms with E-state index in [1.807, 2.05) is 13.8 Å². The zero-order valence-electron chi connectivity index (χ0n) is 9.98. The predicted molar refractivity (Wildman–Crippen MR) is 72.5 cm³/mol. The molecule has 1 atom stereocenters. The number of hydrogen-bond donors (Lipinski definition) is 2. The molecule has 0 unspecified atom stereocenters. The molecule has 18 heavy (non-hydrogen) atoms. The number of nitro groups is 1. The third kappa shape index (κ3) is 3.48. The molecule has 2 N–H and O–H groups in total. The number of benzene rings is 1. The summed E-state index contributed by atoms with van der Waals surface area (Å²) in [4.78, 5) is 10.4. The van der Waals surface area contributed by atoms with E-state index >= 15 is 0 Å². The maximum Gasteiger partial charge on any atom is 0.293 e. The number of rotatable bonds is 5. The molecule has 1 aromatic rings. The second-order valence-corrected chi connectivity index (χ2v) is 5.03. The van der Waals surface area contributed by atoms with Crippen LogP contribution in [0.25, 0.3) is 0 Å². The van der Waals surface area contributed by atoms with Crippen LogP contribution in [0, 0.1) is 16.0 Å². The second-order valence-electron chi connectivity index (χ2n) is 4.22. The Labute approximate surface area is 115 Å². The molecular formula is C11H14Cl2N2O3. The lowest BCUT2D eigenvalue weighted by Crippen LogP contribution is -2.29. The first-order chi connectivity index (χ1) is 8.36. The van der Waals surface area contributed by atoms with Gasteiger partial charge in [0.05, 0.1) is 27.6 Å². The van der Waals surface area contributed by atoms with Crippen LogP contribution in [0.3, 0.4) is 0 Å². The summed E-state index contributed by atoms with van der Waals surface area (Å²) < 4.78 is 0. The summed E-state index contributed by atoms with van der Waals surface area (Å²) in [7, 11) is 0.